The van der Waals surface area contributed by atoms with E-state index in [9.17, 15) is 9.59 Å². The van der Waals surface area contributed by atoms with Gasteiger partial charge in [0.1, 0.15) is 5.92 Å². The lowest BCUT2D eigenvalue weighted by Crippen LogP contribution is -2.30. The number of hydrogen-bond donors (Lipinski definition) is 2. The lowest BCUT2D eigenvalue weighted by molar-refractivity contribution is -0.131. The quantitative estimate of drug-likeness (QED) is 0.427. The number of hydrogen-bond acceptors (Lipinski definition) is 2. The molecule has 9 heavy (non-hydrogen) atoms. The molecule has 1 aliphatic rings. The first-order valence-electron chi connectivity index (χ1n) is 2.79. The van der Waals surface area contributed by atoms with E-state index in [4.69, 9.17) is 5.73 Å². The number of rotatable bonds is 1. The monoisotopic (exact) mass is 128 g/mol. The highest BCUT2D eigenvalue weighted by Crippen LogP contribution is 2.06. The molecule has 0 aliphatic carbocycles. The van der Waals surface area contributed by atoms with E-state index in [1.54, 1.807) is 0 Å². The number of primary amides is 1. The SMILES string of the molecule is NC(=O)C1CCNC1=O. The largest absolute Gasteiger partial charge is 0.369 e. The van der Waals surface area contributed by atoms with Gasteiger partial charge in [0.2, 0.25) is 11.8 Å². The maximum atomic E-state index is 10.6. The van der Waals surface area contributed by atoms with Crippen molar-refractivity contribution in [1.82, 2.24) is 5.32 Å². The Balaban J connectivity index is 2.60. The normalized spacial score (nSPS) is 25.8. The number of nitrogens with one attached hydrogen (secondary N) is 1. The minimum absolute atomic E-state index is 0.234. The fourth-order valence-corrected chi connectivity index (χ4v) is 0.865. The summed E-state index contributed by atoms with van der Waals surface area (Å²) in [6, 6.07) is 0. The molecule has 0 aromatic rings. The van der Waals surface area contributed by atoms with Gasteiger partial charge in [-0.05, 0) is 6.42 Å². The van der Waals surface area contributed by atoms with Crippen LogP contribution >= 0.6 is 0 Å². The van der Waals surface area contributed by atoms with Crippen LogP contribution in [-0.4, -0.2) is 18.4 Å². The standard InChI is InChI=1S/C5H8N2O2/c6-4(8)3-1-2-7-5(3)9/h3H,1-2H2,(H2,6,8)(H,7,9). The maximum Gasteiger partial charge on any atom is 0.232 e. The van der Waals surface area contributed by atoms with Crippen molar-refractivity contribution in [2.24, 2.45) is 11.7 Å². The summed E-state index contributed by atoms with van der Waals surface area (Å²) < 4.78 is 0. The lowest BCUT2D eigenvalue weighted by Gasteiger charge is -1.96. The molecule has 0 aromatic carbocycles. The average molecular weight is 128 g/mol. The first-order chi connectivity index (χ1) is 4.22. The fraction of sp³-hybridized carbons (Fsp3) is 0.600. The van der Waals surface area contributed by atoms with Crippen LogP contribution in [0, 0.1) is 5.92 Å². The number of nitrogens with two attached hydrogens (primary N) is 1. The second-order valence-corrected chi connectivity index (χ2v) is 2.03. The van der Waals surface area contributed by atoms with Crippen LogP contribution < -0.4 is 11.1 Å². The molecule has 2 amide bonds. The first-order valence-corrected chi connectivity index (χ1v) is 2.79. The smallest absolute Gasteiger partial charge is 0.232 e. The zero-order valence-electron chi connectivity index (χ0n) is 4.89. The van der Waals surface area contributed by atoms with Crippen molar-refractivity contribution in [1.29, 1.82) is 0 Å². The van der Waals surface area contributed by atoms with Crippen molar-refractivity contribution < 1.29 is 9.59 Å². The van der Waals surface area contributed by atoms with Crippen molar-refractivity contribution in [3.63, 3.8) is 0 Å². The molecule has 1 fully saturated rings. The Labute approximate surface area is 52.4 Å². The van der Waals surface area contributed by atoms with Gasteiger partial charge in [-0.1, -0.05) is 0 Å². The van der Waals surface area contributed by atoms with Gasteiger partial charge < -0.3 is 11.1 Å². The van der Waals surface area contributed by atoms with Crippen LogP contribution in [0.15, 0.2) is 0 Å². The van der Waals surface area contributed by atoms with Crippen LogP contribution in [0.5, 0.6) is 0 Å². The molecule has 0 aromatic heterocycles. The molecular weight excluding hydrogens is 120 g/mol. The van der Waals surface area contributed by atoms with Crippen LogP contribution in [0.25, 0.3) is 0 Å². The summed E-state index contributed by atoms with van der Waals surface area (Å²) in [6.07, 6.45) is 0.550. The van der Waals surface area contributed by atoms with Crippen LogP contribution in [-0.2, 0) is 9.59 Å². The highest BCUT2D eigenvalue weighted by molar-refractivity contribution is 6.00. The highest BCUT2D eigenvalue weighted by atomic mass is 16.2. The van der Waals surface area contributed by atoms with E-state index < -0.39 is 11.8 Å². The van der Waals surface area contributed by atoms with Gasteiger partial charge in [-0.2, -0.15) is 0 Å². The first kappa shape index (κ1) is 6.07. The Kier molecular flexibility index (Phi) is 1.38. The van der Waals surface area contributed by atoms with E-state index in [-0.39, 0.29) is 5.91 Å². The molecule has 0 radical (unpaired) electrons. The van der Waals surface area contributed by atoms with Gasteiger partial charge in [0.25, 0.3) is 0 Å². The topological polar surface area (TPSA) is 72.2 Å². The molecule has 1 aliphatic heterocycles. The third kappa shape index (κ3) is 1.01. The Morgan fingerprint density at radius 1 is 1.78 bits per heavy atom. The van der Waals surface area contributed by atoms with E-state index in [0.717, 1.165) is 0 Å². The molecule has 1 saturated heterocycles. The molecule has 50 valence electrons. The van der Waals surface area contributed by atoms with Gasteiger partial charge in [0, 0.05) is 6.54 Å². The van der Waals surface area contributed by atoms with Gasteiger partial charge in [0.15, 0.2) is 0 Å². The molecule has 0 spiro atoms. The lowest BCUT2D eigenvalue weighted by atomic mass is 10.1. The van der Waals surface area contributed by atoms with E-state index >= 15 is 0 Å². The summed E-state index contributed by atoms with van der Waals surface area (Å²) in [7, 11) is 0. The molecule has 0 saturated carbocycles. The van der Waals surface area contributed by atoms with Crippen molar-refractivity contribution >= 4 is 11.8 Å². The maximum absolute atomic E-state index is 10.6. The Bertz CT molecular complexity index is 155. The average Bonchev–Trinajstić information content (AvgIpc) is 2.13. The van der Waals surface area contributed by atoms with Gasteiger partial charge in [-0.15, -0.1) is 0 Å². The molecule has 4 nitrogen and oxygen atoms in total. The summed E-state index contributed by atoms with van der Waals surface area (Å²) in [5, 5.41) is 2.51. The van der Waals surface area contributed by atoms with E-state index in [2.05, 4.69) is 5.32 Å². The van der Waals surface area contributed by atoms with Crippen LogP contribution in [0.3, 0.4) is 0 Å². The molecular formula is C5H8N2O2. The third-order valence-corrected chi connectivity index (χ3v) is 1.39. The molecule has 1 unspecified atom stereocenters. The van der Waals surface area contributed by atoms with Crippen molar-refractivity contribution in [2.45, 2.75) is 6.42 Å². The van der Waals surface area contributed by atoms with Gasteiger partial charge in [-0.3, -0.25) is 9.59 Å². The minimum atomic E-state index is -0.579. The third-order valence-electron chi connectivity index (χ3n) is 1.39. The van der Waals surface area contributed by atoms with Crippen molar-refractivity contribution in [3.05, 3.63) is 0 Å². The van der Waals surface area contributed by atoms with E-state index in [1.165, 1.54) is 0 Å². The zero-order valence-corrected chi connectivity index (χ0v) is 4.89. The van der Waals surface area contributed by atoms with Crippen molar-refractivity contribution in [2.75, 3.05) is 6.54 Å². The summed E-state index contributed by atoms with van der Waals surface area (Å²) in [5.41, 5.74) is 4.89. The van der Waals surface area contributed by atoms with Gasteiger partial charge in [0.05, 0.1) is 0 Å². The second kappa shape index (κ2) is 2.05. The van der Waals surface area contributed by atoms with Gasteiger partial charge >= 0.3 is 0 Å². The number of amides is 2. The predicted octanol–water partition coefficient (Wildman–Crippen LogP) is -1.39. The molecule has 4 heteroatoms. The van der Waals surface area contributed by atoms with Crippen LogP contribution in [0.4, 0.5) is 0 Å². The Morgan fingerprint density at radius 2 is 2.44 bits per heavy atom. The summed E-state index contributed by atoms with van der Waals surface area (Å²) >= 11 is 0. The minimum Gasteiger partial charge on any atom is -0.369 e. The highest BCUT2D eigenvalue weighted by Gasteiger charge is 2.28. The molecule has 1 atom stereocenters. The fourth-order valence-electron chi connectivity index (χ4n) is 0.865. The number of carbonyl (C=O) groups excluding carboxylic acids is 2. The number of carbonyl (C=O) groups is 2. The molecule has 1 heterocycles. The van der Waals surface area contributed by atoms with Gasteiger partial charge in [-0.25, -0.2) is 0 Å². The second-order valence-electron chi connectivity index (χ2n) is 2.03. The summed E-state index contributed by atoms with van der Waals surface area (Å²) in [4.78, 5) is 21.0. The molecule has 0 bridgehead atoms. The molecule has 3 N–H and O–H groups in total. The zero-order chi connectivity index (χ0) is 6.85. The van der Waals surface area contributed by atoms with Crippen LogP contribution in [0.2, 0.25) is 0 Å². The summed E-state index contributed by atoms with van der Waals surface area (Å²) in [5.74, 6) is -1.34. The molecule has 1 rings (SSSR count). The Hall–Kier alpha value is -1.06. The van der Waals surface area contributed by atoms with Crippen LogP contribution in [0.1, 0.15) is 6.42 Å². The van der Waals surface area contributed by atoms with E-state index in [1.807, 2.05) is 0 Å². The van der Waals surface area contributed by atoms with Crippen molar-refractivity contribution in [3.8, 4) is 0 Å². The Morgan fingerprint density at radius 3 is 2.67 bits per heavy atom. The van der Waals surface area contributed by atoms with E-state index in [0.29, 0.717) is 13.0 Å². The summed E-state index contributed by atoms with van der Waals surface area (Å²) in [6.45, 7) is 0.576. The predicted molar refractivity (Wildman–Crippen MR) is 30.3 cm³/mol.